The average molecular weight is 495 g/mol. The van der Waals surface area contributed by atoms with Crippen molar-refractivity contribution >= 4 is 40.0 Å². The number of ketones is 2. The van der Waals surface area contributed by atoms with E-state index in [1.165, 1.54) is 6.07 Å². The van der Waals surface area contributed by atoms with Crippen molar-refractivity contribution in [1.82, 2.24) is 0 Å². The van der Waals surface area contributed by atoms with Crippen molar-refractivity contribution in [3.8, 4) is 11.5 Å². The zero-order valence-corrected chi connectivity index (χ0v) is 19.8. The summed E-state index contributed by atoms with van der Waals surface area (Å²) in [4.78, 5) is 38.2. The van der Waals surface area contributed by atoms with E-state index in [4.69, 9.17) is 0 Å². The number of rotatable bonds is 5. The van der Waals surface area contributed by atoms with Crippen LogP contribution in [0.2, 0.25) is 0 Å². The van der Waals surface area contributed by atoms with Crippen molar-refractivity contribution in [2.45, 2.75) is 13.8 Å². The van der Waals surface area contributed by atoms with Crippen molar-refractivity contribution in [2.24, 2.45) is 0 Å². The van der Waals surface area contributed by atoms with Gasteiger partial charge in [-0.2, -0.15) is 0 Å². The van der Waals surface area contributed by atoms with Crippen LogP contribution in [-0.2, 0) is 0 Å². The maximum Gasteiger partial charge on any atom is 0.281 e. The molecule has 0 saturated heterocycles. The maximum absolute atomic E-state index is 13.7. The fourth-order valence-electron chi connectivity index (χ4n) is 4.35. The van der Waals surface area contributed by atoms with E-state index in [1.807, 2.05) is 38.1 Å². The number of phenols is 2. The van der Waals surface area contributed by atoms with Crippen LogP contribution in [0.4, 0.5) is 28.4 Å². The number of aromatic hydroxyl groups is 2. The summed E-state index contributed by atoms with van der Waals surface area (Å²) in [5.74, 6) is -2.86. The van der Waals surface area contributed by atoms with Crippen LogP contribution < -0.4 is 10.6 Å². The number of aryl methyl sites for hydroxylation is 2. The van der Waals surface area contributed by atoms with Crippen molar-refractivity contribution < 1.29 is 24.7 Å². The van der Waals surface area contributed by atoms with Crippen LogP contribution >= 0.6 is 0 Å². The van der Waals surface area contributed by atoms with Crippen LogP contribution in [0.5, 0.6) is 11.5 Å². The fourth-order valence-corrected chi connectivity index (χ4v) is 4.35. The van der Waals surface area contributed by atoms with Gasteiger partial charge in [-0.15, -0.1) is 0 Å². The number of phenolic OH excluding ortho intramolecular Hbond substituents is 2. The first-order valence-corrected chi connectivity index (χ1v) is 11.3. The van der Waals surface area contributed by atoms with Crippen molar-refractivity contribution in [2.75, 3.05) is 10.6 Å². The van der Waals surface area contributed by atoms with Crippen LogP contribution in [0.15, 0.2) is 66.7 Å². The normalized spacial score (nSPS) is 12.1. The molecule has 0 saturated carbocycles. The molecule has 37 heavy (non-hydrogen) atoms. The Morgan fingerprint density at radius 1 is 0.676 bits per heavy atom. The topological polar surface area (TPSA) is 142 Å². The second-order valence-electron chi connectivity index (χ2n) is 8.82. The lowest BCUT2D eigenvalue weighted by atomic mass is 9.81. The Balaban J connectivity index is 1.75. The number of nitro benzene ring substituents is 1. The van der Waals surface area contributed by atoms with Gasteiger partial charge in [0, 0.05) is 17.4 Å². The average Bonchev–Trinajstić information content (AvgIpc) is 2.86. The van der Waals surface area contributed by atoms with Gasteiger partial charge >= 0.3 is 0 Å². The Labute approximate surface area is 211 Å². The Morgan fingerprint density at radius 3 is 1.73 bits per heavy atom. The SMILES string of the molecule is Cc1ccc(Nc2cc(Nc3ccc(C)cc3)c3c(c2O)C(=O)c2c([N+](=O)[O-])ccc(O)c2C3=O)cc1. The largest absolute Gasteiger partial charge is 0.507 e. The molecular weight excluding hydrogens is 474 g/mol. The third-order valence-electron chi connectivity index (χ3n) is 6.23. The molecule has 0 atom stereocenters. The minimum Gasteiger partial charge on any atom is -0.507 e. The molecule has 0 unspecified atom stereocenters. The van der Waals surface area contributed by atoms with Gasteiger partial charge in [-0.1, -0.05) is 35.4 Å². The zero-order valence-electron chi connectivity index (χ0n) is 19.8. The van der Waals surface area contributed by atoms with Gasteiger partial charge in [-0.3, -0.25) is 19.7 Å². The molecule has 0 bridgehead atoms. The van der Waals surface area contributed by atoms with E-state index >= 15 is 0 Å². The Bertz CT molecular complexity index is 1610. The van der Waals surface area contributed by atoms with Gasteiger partial charge in [-0.25, -0.2) is 0 Å². The van der Waals surface area contributed by atoms with Crippen LogP contribution in [0.25, 0.3) is 0 Å². The summed E-state index contributed by atoms with van der Waals surface area (Å²) in [6.07, 6.45) is 0. The van der Waals surface area contributed by atoms with Gasteiger partial charge < -0.3 is 20.8 Å². The molecule has 0 heterocycles. The van der Waals surface area contributed by atoms with Gasteiger partial charge in [0.05, 0.1) is 33.0 Å². The number of nitrogens with zero attached hydrogens (tertiary/aromatic N) is 1. The summed E-state index contributed by atoms with van der Waals surface area (Å²) in [6.45, 7) is 3.85. The number of benzene rings is 4. The fraction of sp³-hybridized carbons (Fsp3) is 0.0714. The van der Waals surface area contributed by atoms with E-state index in [2.05, 4.69) is 10.6 Å². The molecule has 5 rings (SSSR count). The number of carbonyl (C=O) groups excluding carboxylic acids is 2. The van der Waals surface area contributed by atoms with Crippen molar-refractivity contribution in [1.29, 1.82) is 0 Å². The molecule has 1 aliphatic rings. The molecule has 1 aliphatic carbocycles. The smallest absolute Gasteiger partial charge is 0.281 e. The number of nitro groups is 1. The number of anilines is 4. The summed E-state index contributed by atoms with van der Waals surface area (Å²) in [6, 6.07) is 18.0. The summed E-state index contributed by atoms with van der Waals surface area (Å²) in [5, 5.41) is 39.5. The molecule has 4 aromatic rings. The molecule has 0 amide bonds. The predicted octanol–water partition coefficient (Wildman–Crippen LogP) is 5.89. The van der Waals surface area contributed by atoms with Gasteiger partial charge in [0.1, 0.15) is 11.3 Å². The van der Waals surface area contributed by atoms with Crippen molar-refractivity contribution in [3.63, 3.8) is 0 Å². The number of carbonyl (C=O) groups is 2. The molecule has 0 aromatic heterocycles. The lowest BCUT2D eigenvalue weighted by Gasteiger charge is -2.24. The number of hydrogen-bond acceptors (Lipinski definition) is 8. The van der Waals surface area contributed by atoms with Crippen molar-refractivity contribution in [3.05, 3.63) is 110 Å². The minimum absolute atomic E-state index is 0.115. The van der Waals surface area contributed by atoms with Crippen LogP contribution in [0, 0.1) is 24.0 Å². The molecule has 9 nitrogen and oxygen atoms in total. The number of hydrogen-bond donors (Lipinski definition) is 4. The third-order valence-corrected chi connectivity index (χ3v) is 6.23. The number of nitrogens with one attached hydrogen (secondary N) is 2. The molecule has 0 aliphatic heterocycles. The van der Waals surface area contributed by atoms with E-state index < -0.39 is 50.4 Å². The van der Waals surface area contributed by atoms with E-state index in [1.54, 1.807) is 24.3 Å². The van der Waals surface area contributed by atoms with E-state index in [-0.39, 0.29) is 16.9 Å². The highest BCUT2D eigenvalue weighted by Crippen LogP contribution is 2.46. The molecular formula is C28H21N3O6. The van der Waals surface area contributed by atoms with Gasteiger partial charge in [0.2, 0.25) is 11.6 Å². The number of fused-ring (bicyclic) bond motifs is 2. The second-order valence-corrected chi connectivity index (χ2v) is 8.82. The molecule has 9 heteroatoms. The molecule has 184 valence electrons. The Morgan fingerprint density at radius 2 is 1.19 bits per heavy atom. The van der Waals surface area contributed by atoms with Crippen LogP contribution in [0.1, 0.15) is 43.0 Å². The first-order chi connectivity index (χ1) is 17.7. The van der Waals surface area contributed by atoms with E-state index in [0.29, 0.717) is 11.4 Å². The predicted molar refractivity (Wildman–Crippen MR) is 139 cm³/mol. The van der Waals surface area contributed by atoms with Gasteiger partial charge in [0.15, 0.2) is 5.75 Å². The van der Waals surface area contributed by atoms with Gasteiger partial charge in [0.25, 0.3) is 5.69 Å². The molecule has 0 fully saturated rings. The Kier molecular flexibility index (Phi) is 5.60. The lowest BCUT2D eigenvalue weighted by Crippen LogP contribution is -2.24. The lowest BCUT2D eigenvalue weighted by molar-refractivity contribution is -0.385. The maximum atomic E-state index is 13.7. The third kappa shape index (κ3) is 4.02. The standard InChI is InChI=1S/C28H21N3O6/c1-14-3-7-16(8-4-14)29-18-13-19(30-17-9-5-15(2)6-10-17)26(33)25-22(18)27(34)24-21(32)12-11-20(31(36)37)23(24)28(25)35/h3-13,29-30,32-33H,1-2H3. The molecule has 4 N–H and O–H groups in total. The quantitative estimate of drug-likeness (QED) is 0.102. The summed E-state index contributed by atoms with van der Waals surface area (Å²) >= 11 is 0. The summed E-state index contributed by atoms with van der Waals surface area (Å²) in [5.41, 5.74) is 1.29. The van der Waals surface area contributed by atoms with Gasteiger partial charge in [-0.05, 0) is 50.2 Å². The molecule has 4 aromatic carbocycles. The van der Waals surface area contributed by atoms with Crippen LogP contribution in [-0.4, -0.2) is 26.7 Å². The van der Waals surface area contributed by atoms with E-state index in [9.17, 15) is 29.9 Å². The summed E-state index contributed by atoms with van der Waals surface area (Å²) in [7, 11) is 0. The molecule has 0 radical (unpaired) electrons. The van der Waals surface area contributed by atoms with Crippen LogP contribution in [0.3, 0.4) is 0 Å². The Hall–Kier alpha value is -5.18. The van der Waals surface area contributed by atoms with E-state index in [0.717, 1.165) is 23.3 Å². The zero-order chi connectivity index (χ0) is 26.4. The highest BCUT2D eigenvalue weighted by atomic mass is 16.6. The molecule has 0 spiro atoms. The second kappa shape index (κ2) is 8.80. The first kappa shape index (κ1) is 23.6. The monoisotopic (exact) mass is 495 g/mol. The minimum atomic E-state index is -0.941. The summed E-state index contributed by atoms with van der Waals surface area (Å²) < 4.78 is 0. The first-order valence-electron chi connectivity index (χ1n) is 11.3. The highest BCUT2D eigenvalue weighted by Gasteiger charge is 2.41. The highest BCUT2D eigenvalue weighted by molar-refractivity contribution is 6.33.